The number of hydrogen-bond donors (Lipinski definition) is 2. The van der Waals surface area contributed by atoms with Crippen molar-refractivity contribution in [2.75, 3.05) is 13.2 Å². The highest BCUT2D eigenvalue weighted by atomic mass is 16.3. The molecule has 0 aliphatic rings. The second-order valence-corrected chi connectivity index (χ2v) is 5.58. The van der Waals surface area contributed by atoms with Crippen LogP contribution in [0.4, 0.5) is 0 Å². The molecule has 0 aromatic heterocycles. The highest BCUT2D eigenvalue weighted by Gasteiger charge is 2.17. The van der Waals surface area contributed by atoms with E-state index < -0.39 is 0 Å². The van der Waals surface area contributed by atoms with Gasteiger partial charge in [-0.05, 0) is 18.9 Å². The van der Waals surface area contributed by atoms with Gasteiger partial charge in [-0.3, -0.25) is 4.79 Å². The molecule has 0 unspecified atom stereocenters. The maximum Gasteiger partial charge on any atom is 0.220 e. The number of amides is 1. The van der Waals surface area contributed by atoms with Crippen LogP contribution in [0, 0.1) is 12.3 Å². The fourth-order valence-corrected chi connectivity index (χ4v) is 1.49. The third-order valence-corrected chi connectivity index (χ3v) is 2.95. The van der Waals surface area contributed by atoms with E-state index in [0.717, 1.165) is 6.42 Å². The zero-order valence-electron chi connectivity index (χ0n) is 11.5. The van der Waals surface area contributed by atoms with Crippen molar-refractivity contribution >= 4 is 5.91 Å². The van der Waals surface area contributed by atoms with Crippen LogP contribution in [0.5, 0.6) is 0 Å². The van der Waals surface area contributed by atoms with Gasteiger partial charge in [-0.25, -0.2) is 0 Å². The van der Waals surface area contributed by atoms with Crippen LogP contribution in [-0.4, -0.2) is 24.2 Å². The van der Waals surface area contributed by atoms with E-state index in [9.17, 15) is 4.79 Å². The Morgan fingerprint density at radius 2 is 1.89 bits per heavy atom. The molecule has 0 bridgehead atoms. The van der Waals surface area contributed by atoms with Crippen molar-refractivity contribution < 1.29 is 9.90 Å². The van der Waals surface area contributed by atoms with Gasteiger partial charge in [-0.15, -0.1) is 0 Å². The van der Waals surface area contributed by atoms with Gasteiger partial charge >= 0.3 is 0 Å². The lowest BCUT2D eigenvalue weighted by Gasteiger charge is -2.21. The molecule has 18 heavy (non-hydrogen) atoms. The predicted molar refractivity (Wildman–Crippen MR) is 73.4 cm³/mol. The van der Waals surface area contributed by atoms with Gasteiger partial charge in [0.25, 0.3) is 0 Å². The van der Waals surface area contributed by atoms with E-state index in [1.54, 1.807) is 0 Å². The number of carbonyl (C=O) groups excluding carboxylic acids is 1. The number of aliphatic hydroxyl groups excluding tert-OH is 1. The monoisotopic (exact) mass is 249 g/mol. The molecule has 100 valence electrons. The van der Waals surface area contributed by atoms with Crippen LogP contribution in [0.2, 0.25) is 0 Å². The molecule has 0 atom stereocenters. The lowest BCUT2D eigenvalue weighted by Crippen LogP contribution is -2.36. The molecule has 0 radical (unpaired) electrons. The molecule has 2 N–H and O–H groups in total. The van der Waals surface area contributed by atoms with Crippen molar-refractivity contribution in [3.63, 3.8) is 0 Å². The molecule has 0 aliphatic carbocycles. The van der Waals surface area contributed by atoms with E-state index in [1.165, 1.54) is 11.1 Å². The lowest BCUT2D eigenvalue weighted by molar-refractivity contribution is -0.121. The summed E-state index contributed by atoms with van der Waals surface area (Å²) in [5, 5.41) is 11.9. The summed E-state index contributed by atoms with van der Waals surface area (Å²) in [7, 11) is 0. The van der Waals surface area contributed by atoms with Gasteiger partial charge in [-0.2, -0.15) is 0 Å². The minimum absolute atomic E-state index is 0.0390. The van der Waals surface area contributed by atoms with Crippen LogP contribution in [0.15, 0.2) is 24.3 Å². The third-order valence-electron chi connectivity index (χ3n) is 2.95. The summed E-state index contributed by atoms with van der Waals surface area (Å²) in [4.78, 5) is 11.7. The van der Waals surface area contributed by atoms with Gasteiger partial charge in [0.05, 0.1) is 0 Å². The number of benzene rings is 1. The Morgan fingerprint density at radius 1 is 1.28 bits per heavy atom. The van der Waals surface area contributed by atoms with E-state index in [2.05, 4.69) is 29.6 Å². The zero-order valence-corrected chi connectivity index (χ0v) is 11.5. The average molecular weight is 249 g/mol. The third kappa shape index (κ3) is 5.32. The first-order chi connectivity index (χ1) is 8.43. The number of nitrogens with one attached hydrogen (secondary N) is 1. The first kappa shape index (κ1) is 14.7. The van der Waals surface area contributed by atoms with E-state index in [-0.39, 0.29) is 17.9 Å². The van der Waals surface area contributed by atoms with Crippen LogP contribution in [0.3, 0.4) is 0 Å². The van der Waals surface area contributed by atoms with E-state index in [0.29, 0.717) is 13.0 Å². The number of aryl methyl sites for hydroxylation is 2. The highest BCUT2D eigenvalue weighted by molar-refractivity contribution is 5.76. The maximum atomic E-state index is 11.7. The topological polar surface area (TPSA) is 49.3 Å². The van der Waals surface area contributed by atoms with Gasteiger partial charge in [-0.1, -0.05) is 43.7 Å². The summed E-state index contributed by atoms with van der Waals surface area (Å²) in [6.07, 6.45) is 1.25. The normalized spacial score (nSPS) is 11.3. The zero-order chi connectivity index (χ0) is 13.6. The second-order valence-electron chi connectivity index (χ2n) is 5.58. The predicted octanol–water partition coefficient (Wildman–Crippen LogP) is 2.06. The molecule has 0 spiro atoms. The minimum atomic E-state index is -0.250. The summed E-state index contributed by atoms with van der Waals surface area (Å²) in [6.45, 7) is 6.48. The molecule has 0 fully saturated rings. The quantitative estimate of drug-likeness (QED) is 0.811. The molecule has 3 heteroatoms. The Morgan fingerprint density at radius 3 is 2.44 bits per heavy atom. The fourth-order valence-electron chi connectivity index (χ4n) is 1.49. The SMILES string of the molecule is Cc1ccc(CCC(=O)NCC(C)(C)CO)cc1. The summed E-state index contributed by atoms with van der Waals surface area (Å²) in [5.74, 6) is 0.0390. The van der Waals surface area contributed by atoms with Crippen molar-refractivity contribution in [1.82, 2.24) is 5.32 Å². The first-order valence-electron chi connectivity index (χ1n) is 6.36. The lowest BCUT2D eigenvalue weighted by atomic mass is 9.95. The maximum absolute atomic E-state index is 11.7. The molecular weight excluding hydrogens is 226 g/mol. The average Bonchev–Trinajstić information content (AvgIpc) is 2.36. The minimum Gasteiger partial charge on any atom is -0.396 e. The van der Waals surface area contributed by atoms with Gasteiger partial charge in [0.1, 0.15) is 0 Å². The van der Waals surface area contributed by atoms with Crippen LogP contribution >= 0.6 is 0 Å². The molecule has 1 aromatic rings. The van der Waals surface area contributed by atoms with Gasteiger partial charge in [0.15, 0.2) is 0 Å². The largest absolute Gasteiger partial charge is 0.396 e. The van der Waals surface area contributed by atoms with Crippen molar-refractivity contribution in [1.29, 1.82) is 0 Å². The highest BCUT2D eigenvalue weighted by Crippen LogP contribution is 2.11. The van der Waals surface area contributed by atoms with Crippen LogP contribution in [-0.2, 0) is 11.2 Å². The van der Waals surface area contributed by atoms with Gasteiger partial charge < -0.3 is 10.4 Å². The van der Waals surface area contributed by atoms with Crippen molar-refractivity contribution in [2.24, 2.45) is 5.41 Å². The number of rotatable bonds is 6. The summed E-state index contributed by atoms with van der Waals surface area (Å²) < 4.78 is 0. The fraction of sp³-hybridized carbons (Fsp3) is 0.533. The summed E-state index contributed by atoms with van der Waals surface area (Å²) >= 11 is 0. The van der Waals surface area contributed by atoms with Crippen LogP contribution < -0.4 is 5.32 Å². The molecule has 0 heterocycles. The molecule has 1 aromatic carbocycles. The number of aliphatic hydroxyl groups is 1. The summed E-state index contributed by atoms with van der Waals surface area (Å²) in [6, 6.07) is 8.23. The molecule has 1 rings (SSSR count). The van der Waals surface area contributed by atoms with E-state index in [4.69, 9.17) is 5.11 Å². The second kappa shape index (κ2) is 6.55. The van der Waals surface area contributed by atoms with Crippen molar-refractivity contribution in [2.45, 2.75) is 33.6 Å². The number of hydrogen-bond acceptors (Lipinski definition) is 2. The first-order valence-corrected chi connectivity index (χ1v) is 6.36. The number of carbonyl (C=O) groups is 1. The Bertz CT molecular complexity index is 382. The smallest absolute Gasteiger partial charge is 0.220 e. The van der Waals surface area contributed by atoms with E-state index >= 15 is 0 Å². The Hall–Kier alpha value is -1.35. The standard InChI is InChI=1S/C15H23NO2/c1-12-4-6-13(7-5-12)8-9-14(18)16-10-15(2,3)11-17/h4-7,17H,8-11H2,1-3H3,(H,16,18). The van der Waals surface area contributed by atoms with Gasteiger partial charge in [0.2, 0.25) is 5.91 Å². The molecule has 0 aliphatic heterocycles. The Labute approximate surface area is 109 Å². The molecule has 0 saturated carbocycles. The Balaban J connectivity index is 2.31. The molecule has 0 saturated heterocycles. The molecule has 3 nitrogen and oxygen atoms in total. The van der Waals surface area contributed by atoms with Gasteiger partial charge in [0, 0.05) is 25.0 Å². The summed E-state index contributed by atoms with van der Waals surface area (Å²) in [5.41, 5.74) is 2.16. The van der Waals surface area contributed by atoms with Crippen molar-refractivity contribution in [3.05, 3.63) is 35.4 Å². The van der Waals surface area contributed by atoms with Crippen molar-refractivity contribution in [3.8, 4) is 0 Å². The molecular formula is C15H23NO2. The van der Waals surface area contributed by atoms with E-state index in [1.807, 2.05) is 20.8 Å². The van der Waals surface area contributed by atoms with Crippen LogP contribution in [0.1, 0.15) is 31.4 Å². The molecule has 1 amide bonds. The Kier molecular flexibility index (Phi) is 5.35. The van der Waals surface area contributed by atoms with Crippen LogP contribution in [0.25, 0.3) is 0 Å².